The van der Waals surface area contributed by atoms with Crippen molar-refractivity contribution in [2.75, 3.05) is 0 Å². The molecule has 0 radical (unpaired) electrons. The van der Waals surface area contributed by atoms with Crippen LogP contribution in [-0.4, -0.2) is 0 Å². The van der Waals surface area contributed by atoms with Crippen molar-refractivity contribution in [1.82, 2.24) is 0 Å². The van der Waals surface area contributed by atoms with E-state index in [4.69, 9.17) is 0 Å². The van der Waals surface area contributed by atoms with Crippen LogP contribution in [0.2, 0.25) is 0 Å². The van der Waals surface area contributed by atoms with Gasteiger partial charge in [0, 0.05) is 25.0 Å². The van der Waals surface area contributed by atoms with E-state index < -0.39 is 6.43 Å². The van der Waals surface area contributed by atoms with Crippen LogP contribution in [0.25, 0.3) is 10.1 Å². The lowest BCUT2D eigenvalue weighted by Gasteiger charge is -1.98. The van der Waals surface area contributed by atoms with Crippen molar-refractivity contribution in [2.24, 2.45) is 0 Å². The summed E-state index contributed by atoms with van der Waals surface area (Å²) in [4.78, 5) is 1.12. The molecule has 14 heavy (non-hydrogen) atoms. The zero-order chi connectivity index (χ0) is 10.3. The van der Waals surface area contributed by atoms with Crippen LogP contribution in [0.1, 0.15) is 16.9 Å². The van der Waals surface area contributed by atoms with E-state index in [1.54, 1.807) is 23.5 Å². The summed E-state index contributed by atoms with van der Waals surface area (Å²) in [6.45, 7) is 1.97. The van der Waals surface area contributed by atoms with E-state index in [0.29, 0.717) is 0 Å². The first-order valence-corrected chi connectivity index (χ1v) is 5.67. The van der Waals surface area contributed by atoms with Gasteiger partial charge in [0.25, 0.3) is 6.43 Å². The molecule has 0 aliphatic rings. The standard InChI is InChI=1S/C10H7BrF2S/c1-5-9(11)7-4-6(10(12)13)2-3-8(7)14-5/h2-4,10H,1H3. The minimum absolute atomic E-state index is 0.0796. The number of fused-ring (bicyclic) bond motifs is 1. The average Bonchev–Trinajstić information content (AvgIpc) is 2.43. The molecule has 0 fully saturated rings. The van der Waals surface area contributed by atoms with Crippen LogP contribution >= 0.6 is 27.3 Å². The summed E-state index contributed by atoms with van der Waals surface area (Å²) in [5.74, 6) is 0. The van der Waals surface area contributed by atoms with Gasteiger partial charge in [-0.05, 0) is 35.0 Å². The summed E-state index contributed by atoms with van der Waals surface area (Å²) < 4.78 is 26.8. The third-order valence-electron chi connectivity index (χ3n) is 2.06. The van der Waals surface area contributed by atoms with E-state index in [1.165, 1.54) is 6.07 Å². The monoisotopic (exact) mass is 276 g/mol. The van der Waals surface area contributed by atoms with Gasteiger partial charge in [0.15, 0.2) is 0 Å². The molecule has 0 spiro atoms. The molecule has 0 amide bonds. The first kappa shape index (κ1) is 10.1. The second kappa shape index (κ2) is 3.59. The number of alkyl halides is 2. The molecule has 0 aliphatic heterocycles. The quantitative estimate of drug-likeness (QED) is 0.694. The zero-order valence-corrected chi connectivity index (χ0v) is 9.75. The Bertz CT molecular complexity index is 476. The fourth-order valence-corrected chi connectivity index (χ4v) is 2.98. The van der Waals surface area contributed by atoms with Gasteiger partial charge in [-0.25, -0.2) is 8.78 Å². The fourth-order valence-electron chi connectivity index (χ4n) is 1.34. The summed E-state index contributed by atoms with van der Waals surface area (Å²) in [7, 11) is 0. The number of rotatable bonds is 1. The van der Waals surface area contributed by atoms with E-state index in [-0.39, 0.29) is 5.56 Å². The van der Waals surface area contributed by atoms with E-state index in [2.05, 4.69) is 15.9 Å². The lowest BCUT2D eigenvalue weighted by atomic mass is 10.2. The molecular weight excluding hydrogens is 270 g/mol. The maximum Gasteiger partial charge on any atom is 0.263 e. The SMILES string of the molecule is Cc1sc2ccc(C(F)F)cc2c1Br. The van der Waals surface area contributed by atoms with Crippen molar-refractivity contribution in [2.45, 2.75) is 13.3 Å². The first-order valence-electron chi connectivity index (χ1n) is 4.06. The van der Waals surface area contributed by atoms with E-state index in [0.717, 1.165) is 19.4 Å². The van der Waals surface area contributed by atoms with E-state index in [1.807, 2.05) is 6.92 Å². The second-order valence-corrected chi connectivity index (χ2v) is 5.08. The van der Waals surface area contributed by atoms with Crippen molar-refractivity contribution in [3.63, 3.8) is 0 Å². The largest absolute Gasteiger partial charge is 0.263 e. The number of hydrogen-bond donors (Lipinski definition) is 0. The summed E-state index contributed by atoms with van der Waals surface area (Å²) in [6.07, 6.45) is -2.40. The van der Waals surface area contributed by atoms with Gasteiger partial charge in [0.1, 0.15) is 0 Å². The molecule has 0 N–H and O–H groups in total. The predicted molar refractivity (Wildman–Crippen MR) is 59.2 cm³/mol. The highest BCUT2D eigenvalue weighted by Crippen LogP contribution is 2.36. The Morgan fingerprint density at radius 2 is 2.07 bits per heavy atom. The number of halogens is 3. The average molecular weight is 277 g/mol. The molecule has 2 aromatic rings. The van der Waals surface area contributed by atoms with Gasteiger partial charge in [-0.15, -0.1) is 11.3 Å². The molecule has 0 saturated carbocycles. The third kappa shape index (κ3) is 1.57. The lowest BCUT2D eigenvalue weighted by molar-refractivity contribution is 0.151. The minimum Gasteiger partial charge on any atom is -0.205 e. The van der Waals surface area contributed by atoms with Gasteiger partial charge in [-0.2, -0.15) is 0 Å². The molecule has 0 unspecified atom stereocenters. The van der Waals surface area contributed by atoms with Crippen LogP contribution < -0.4 is 0 Å². The topological polar surface area (TPSA) is 0 Å². The summed E-state index contributed by atoms with van der Waals surface area (Å²) in [5.41, 5.74) is 0.0796. The van der Waals surface area contributed by atoms with Crippen LogP contribution in [0.3, 0.4) is 0 Å². The second-order valence-electron chi connectivity index (χ2n) is 3.03. The molecule has 0 nitrogen and oxygen atoms in total. The van der Waals surface area contributed by atoms with Gasteiger partial charge in [-0.3, -0.25) is 0 Å². The number of aryl methyl sites for hydroxylation is 1. The Balaban J connectivity index is 2.69. The van der Waals surface area contributed by atoms with Gasteiger partial charge >= 0.3 is 0 Å². The Hall–Kier alpha value is -0.480. The minimum atomic E-state index is -2.40. The molecule has 4 heteroatoms. The highest BCUT2D eigenvalue weighted by atomic mass is 79.9. The molecule has 1 aromatic heterocycles. The Morgan fingerprint density at radius 1 is 1.36 bits per heavy atom. The highest BCUT2D eigenvalue weighted by molar-refractivity contribution is 9.10. The van der Waals surface area contributed by atoms with Gasteiger partial charge < -0.3 is 0 Å². The zero-order valence-electron chi connectivity index (χ0n) is 7.35. The van der Waals surface area contributed by atoms with E-state index in [9.17, 15) is 8.78 Å². The molecule has 0 bridgehead atoms. The van der Waals surface area contributed by atoms with Crippen LogP contribution in [0.15, 0.2) is 22.7 Å². The number of benzene rings is 1. The fraction of sp³-hybridized carbons (Fsp3) is 0.200. The predicted octanol–water partition coefficient (Wildman–Crippen LogP) is 4.91. The van der Waals surface area contributed by atoms with Crippen LogP contribution in [-0.2, 0) is 0 Å². The molecule has 2 rings (SSSR count). The Kier molecular flexibility index (Phi) is 2.58. The lowest BCUT2D eigenvalue weighted by Crippen LogP contribution is -1.81. The van der Waals surface area contributed by atoms with Crippen molar-refractivity contribution >= 4 is 37.4 Å². The van der Waals surface area contributed by atoms with Crippen LogP contribution in [0, 0.1) is 6.92 Å². The highest BCUT2D eigenvalue weighted by Gasteiger charge is 2.11. The molecule has 0 atom stereocenters. The maximum atomic E-state index is 12.4. The molecule has 0 saturated heterocycles. The van der Waals surface area contributed by atoms with Crippen molar-refractivity contribution in [3.05, 3.63) is 33.1 Å². The van der Waals surface area contributed by atoms with Gasteiger partial charge in [0.2, 0.25) is 0 Å². The third-order valence-corrected chi connectivity index (χ3v) is 4.43. The smallest absolute Gasteiger partial charge is 0.205 e. The summed E-state index contributed by atoms with van der Waals surface area (Å²) in [5, 5.41) is 0.880. The Labute approximate surface area is 92.7 Å². The normalized spacial score (nSPS) is 11.5. The van der Waals surface area contributed by atoms with Crippen molar-refractivity contribution in [1.29, 1.82) is 0 Å². The molecule has 0 aliphatic carbocycles. The molecular formula is C10H7BrF2S. The first-order chi connectivity index (χ1) is 6.59. The number of hydrogen-bond acceptors (Lipinski definition) is 1. The summed E-state index contributed by atoms with van der Waals surface area (Å²) >= 11 is 5.01. The van der Waals surface area contributed by atoms with Gasteiger partial charge in [-0.1, -0.05) is 6.07 Å². The van der Waals surface area contributed by atoms with Crippen LogP contribution in [0.5, 0.6) is 0 Å². The van der Waals surface area contributed by atoms with Crippen molar-refractivity contribution < 1.29 is 8.78 Å². The molecule has 74 valence electrons. The molecule has 1 heterocycles. The summed E-state index contributed by atoms with van der Waals surface area (Å²) in [6, 6.07) is 4.78. The molecule has 1 aromatic carbocycles. The Morgan fingerprint density at radius 3 is 2.71 bits per heavy atom. The van der Waals surface area contributed by atoms with E-state index >= 15 is 0 Å². The van der Waals surface area contributed by atoms with Crippen LogP contribution in [0.4, 0.5) is 8.78 Å². The number of thiophene rings is 1. The maximum absolute atomic E-state index is 12.4. The van der Waals surface area contributed by atoms with Crippen molar-refractivity contribution in [3.8, 4) is 0 Å². The van der Waals surface area contributed by atoms with Gasteiger partial charge in [0.05, 0.1) is 0 Å².